The van der Waals surface area contributed by atoms with E-state index in [0.717, 1.165) is 70.3 Å². The molecule has 17 nitrogen and oxygen atoms in total. The number of fused-ring (bicyclic) bond motifs is 1. The molecule has 7 fully saturated rings. The van der Waals surface area contributed by atoms with E-state index in [4.69, 9.17) is 9.47 Å². The number of benzene rings is 2. The number of nitrogens with one attached hydrogen (secondary N) is 3. The number of rotatable bonds is 17. The Morgan fingerprint density at radius 3 is 2.42 bits per heavy atom. The number of methoxy groups -OCH3 is 1. The summed E-state index contributed by atoms with van der Waals surface area (Å²) in [7, 11) is -3.40. The number of halogens is 3. The lowest BCUT2D eigenvalue weighted by Crippen LogP contribution is -2.69. The number of amides is 1. The van der Waals surface area contributed by atoms with Crippen molar-refractivity contribution in [1.29, 1.82) is 0 Å². The lowest BCUT2D eigenvalue weighted by atomic mass is 9.35. The summed E-state index contributed by atoms with van der Waals surface area (Å²) in [5.41, 5.74) is 1.48. The Hall–Kier alpha value is -6.03. The summed E-state index contributed by atoms with van der Waals surface area (Å²) in [5, 5.41) is 25.6. The average Bonchev–Trinajstić information content (AvgIpc) is 3.83. The van der Waals surface area contributed by atoms with Crippen LogP contribution >= 0.6 is 0 Å². The number of aromatic nitrogens is 3. The summed E-state index contributed by atoms with van der Waals surface area (Å²) in [6.07, 6.45) is 8.29. The maximum absolute atomic E-state index is 14.9. The SMILES string of the molecule is COc1nc2[nH]cc(F)c2cc1Oc1cc(N2CCC3(CC2)CC(N2CCN(CC45CC(C(F)F)(C4)C5)C[C@H]2c2ccccc2C(C)C)C3)ccc1C(=O)NS(=O)(=O)c1cnc(NCC2CCC(C)(O)CC2)c([N+](=O)[O-])c1. The van der Waals surface area contributed by atoms with Crippen LogP contribution in [-0.2, 0) is 10.0 Å². The van der Waals surface area contributed by atoms with Crippen LogP contribution in [0.2, 0.25) is 0 Å². The third kappa shape index (κ3) is 10.2. The fourth-order valence-corrected chi connectivity index (χ4v) is 14.9. The summed E-state index contributed by atoms with van der Waals surface area (Å²) in [6, 6.07) is 16.4. The highest BCUT2D eigenvalue weighted by Crippen LogP contribution is 2.75. The molecule has 2 saturated heterocycles. The number of carbonyl (C=O) groups is 1. The van der Waals surface area contributed by atoms with E-state index in [2.05, 4.69) is 73.1 Å². The number of carbonyl (C=O) groups excluding carboxylic acids is 1. The first-order chi connectivity index (χ1) is 36.7. The van der Waals surface area contributed by atoms with Gasteiger partial charge in [-0.3, -0.25) is 24.7 Å². The zero-order valence-corrected chi connectivity index (χ0v) is 44.8. The summed E-state index contributed by atoms with van der Waals surface area (Å²) < 4.78 is 84.2. The molecule has 4 N–H and O–H groups in total. The molecule has 21 heteroatoms. The van der Waals surface area contributed by atoms with E-state index in [9.17, 15) is 41.6 Å². The second-order valence-electron chi connectivity index (χ2n) is 23.9. The molecule has 0 unspecified atom stereocenters. The first-order valence-electron chi connectivity index (χ1n) is 27.0. The lowest BCUT2D eigenvalue weighted by molar-refractivity contribution is -0.384. The van der Waals surface area contributed by atoms with Gasteiger partial charge in [-0.15, -0.1) is 0 Å². The molecule has 1 amide bonds. The number of aliphatic hydroxyl groups is 1. The predicted molar refractivity (Wildman–Crippen MR) is 284 cm³/mol. The Morgan fingerprint density at radius 1 is 1.00 bits per heavy atom. The van der Waals surface area contributed by atoms with E-state index in [1.54, 1.807) is 19.1 Å². The highest BCUT2D eigenvalue weighted by Gasteiger charge is 2.72. The number of pyridine rings is 2. The Balaban J connectivity index is 0.796. The number of H-pyrrole nitrogens is 1. The minimum atomic E-state index is -4.76. The first-order valence-corrected chi connectivity index (χ1v) is 28.5. The number of hydrogen-bond donors (Lipinski definition) is 4. The second-order valence-corrected chi connectivity index (χ2v) is 25.6. The third-order valence-corrected chi connectivity index (χ3v) is 19.5. The van der Waals surface area contributed by atoms with Crippen molar-refractivity contribution in [3.05, 3.63) is 99.6 Å². The van der Waals surface area contributed by atoms with Crippen LogP contribution in [0.25, 0.3) is 11.0 Å². The molecule has 5 aliphatic carbocycles. The van der Waals surface area contributed by atoms with Gasteiger partial charge in [-0.05, 0) is 123 Å². The van der Waals surface area contributed by atoms with Crippen LogP contribution < -0.4 is 24.4 Å². The summed E-state index contributed by atoms with van der Waals surface area (Å²) >= 11 is 0. The van der Waals surface area contributed by atoms with Gasteiger partial charge in [0.25, 0.3) is 21.8 Å². The molecule has 1 spiro atoms. The van der Waals surface area contributed by atoms with Crippen LogP contribution in [0.15, 0.2) is 71.9 Å². The van der Waals surface area contributed by atoms with Crippen molar-refractivity contribution in [2.45, 2.75) is 126 Å². The Bertz CT molecular complexity index is 3160. The van der Waals surface area contributed by atoms with Crippen LogP contribution in [-0.4, -0.2) is 120 Å². The van der Waals surface area contributed by atoms with Crippen LogP contribution in [0.1, 0.15) is 125 Å². The largest absolute Gasteiger partial charge is 0.478 e. The van der Waals surface area contributed by atoms with Gasteiger partial charge in [0.1, 0.15) is 22.1 Å². The fourth-order valence-electron chi connectivity index (χ4n) is 14.0. The Labute approximate surface area is 446 Å². The Kier molecular flexibility index (Phi) is 13.8. The van der Waals surface area contributed by atoms with Crippen molar-refractivity contribution in [3.8, 4) is 17.4 Å². The number of hydrogen-bond acceptors (Lipinski definition) is 14. The van der Waals surface area contributed by atoms with Crippen LogP contribution in [0.3, 0.4) is 0 Å². The van der Waals surface area contributed by atoms with Gasteiger partial charge in [0.2, 0.25) is 12.2 Å². The molecule has 2 aromatic carbocycles. The first kappa shape index (κ1) is 53.0. The van der Waals surface area contributed by atoms with Crippen molar-refractivity contribution >= 4 is 44.2 Å². The zero-order chi connectivity index (χ0) is 54.2. The fraction of sp³-hybridized carbons (Fsp3) is 0.554. The van der Waals surface area contributed by atoms with Crippen molar-refractivity contribution in [2.24, 2.45) is 22.2 Å². The molecular weight excluding hydrogens is 1020 g/mol. The summed E-state index contributed by atoms with van der Waals surface area (Å²) in [5.74, 6) is -1.49. The van der Waals surface area contributed by atoms with Gasteiger partial charge < -0.3 is 29.8 Å². The van der Waals surface area contributed by atoms with Gasteiger partial charge in [-0.1, -0.05) is 38.1 Å². The molecular formula is C56H68F3N9O8S. The van der Waals surface area contributed by atoms with Crippen molar-refractivity contribution in [2.75, 3.05) is 63.1 Å². The molecule has 0 radical (unpaired) electrons. The summed E-state index contributed by atoms with van der Waals surface area (Å²) in [6.45, 7) is 11.6. The molecule has 7 aliphatic rings. The monoisotopic (exact) mass is 1080 g/mol. The predicted octanol–water partition coefficient (Wildman–Crippen LogP) is 9.94. The smallest absolute Gasteiger partial charge is 0.312 e. The number of nitrogens with zero attached hydrogens (tertiary/aromatic N) is 6. The van der Waals surface area contributed by atoms with E-state index >= 15 is 0 Å². The molecule has 12 rings (SSSR count). The molecule has 2 bridgehead atoms. The molecule has 77 heavy (non-hydrogen) atoms. The van der Waals surface area contributed by atoms with Gasteiger partial charge >= 0.3 is 5.69 Å². The van der Waals surface area contributed by atoms with Crippen molar-refractivity contribution < 1.29 is 45.9 Å². The normalized spacial score (nSPS) is 26.5. The van der Waals surface area contributed by atoms with Crippen LogP contribution in [0.4, 0.5) is 30.4 Å². The highest BCUT2D eigenvalue weighted by atomic mass is 32.2. The van der Waals surface area contributed by atoms with Gasteiger partial charge in [-0.25, -0.2) is 31.3 Å². The summed E-state index contributed by atoms with van der Waals surface area (Å²) in [4.78, 5) is 43.7. The molecule has 1 atom stereocenters. The van der Waals surface area contributed by atoms with Gasteiger partial charge in [0.15, 0.2) is 5.75 Å². The van der Waals surface area contributed by atoms with Crippen molar-refractivity contribution in [1.82, 2.24) is 29.5 Å². The molecule has 3 aromatic heterocycles. The van der Waals surface area contributed by atoms with Gasteiger partial charge in [-0.2, -0.15) is 4.98 Å². The standard InChI is InChI=1S/C56H68F3N9O8S/c1-34(2)39-7-5-6-8-40(39)45-29-65(33-55-30-56(31-55,32-55)52(58)59)19-20-67(45)37-24-54(25-37)15-17-66(18-16-54)36-9-10-41(46(21-36)76-47-23-42-43(57)28-62-48(42)63-51(47)75-4)50(69)64-77(73,74)38-22-44(68(71)72)49(61-27-38)60-26-35-11-13-53(3,70)14-12-35/h5-10,21-23,27-28,34-35,37,45,52,70H,11-20,24-26,29-33H2,1-4H3,(H,60,61)(H,62,63)(H,64,69)/t35?,45-,53?,55?,56?/m0/s1. The molecule has 5 heterocycles. The second kappa shape index (κ2) is 20.0. The van der Waals surface area contributed by atoms with E-state index in [1.807, 2.05) is 4.72 Å². The molecule has 2 aliphatic heterocycles. The zero-order valence-electron chi connectivity index (χ0n) is 44.0. The third-order valence-electron chi connectivity index (χ3n) is 18.2. The van der Waals surface area contributed by atoms with Gasteiger partial charge in [0.05, 0.1) is 34.8 Å². The van der Waals surface area contributed by atoms with E-state index < -0.39 is 54.7 Å². The number of piperidine rings is 1. The molecule has 5 saturated carbocycles. The minimum Gasteiger partial charge on any atom is -0.478 e. The highest BCUT2D eigenvalue weighted by molar-refractivity contribution is 7.90. The number of sulfonamides is 1. The van der Waals surface area contributed by atoms with Crippen LogP contribution in [0.5, 0.6) is 17.4 Å². The number of nitro groups is 1. The van der Waals surface area contributed by atoms with Crippen molar-refractivity contribution in [3.63, 3.8) is 0 Å². The number of ether oxygens (including phenoxy) is 2. The maximum atomic E-state index is 14.9. The molecule has 412 valence electrons. The number of piperazine rings is 1. The number of aromatic amines is 1. The van der Waals surface area contributed by atoms with Gasteiger partial charge in [0, 0.05) is 93.4 Å². The molecule has 5 aromatic rings. The number of alkyl halides is 2. The maximum Gasteiger partial charge on any atom is 0.312 e. The van der Waals surface area contributed by atoms with E-state index in [-0.39, 0.29) is 62.6 Å². The Morgan fingerprint density at radius 2 is 1.73 bits per heavy atom. The minimum absolute atomic E-state index is 0.0284. The van der Waals surface area contributed by atoms with E-state index in [0.29, 0.717) is 82.2 Å². The average molecular weight is 1080 g/mol. The number of anilines is 2. The van der Waals surface area contributed by atoms with Crippen LogP contribution in [0, 0.1) is 38.1 Å². The topological polar surface area (TPSA) is 208 Å². The van der Waals surface area contributed by atoms with E-state index in [1.165, 1.54) is 30.4 Å². The lowest BCUT2D eigenvalue weighted by Gasteiger charge is -2.71. The quantitative estimate of drug-likeness (QED) is 0.0505.